The Hall–Kier alpha value is -2.05. The summed E-state index contributed by atoms with van der Waals surface area (Å²) >= 11 is 0. The van der Waals surface area contributed by atoms with Gasteiger partial charge in [-0.2, -0.15) is 5.10 Å². The van der Waals surface area contributed by atoms with E-state index in [1.54, 1.807) is 0 Å². The van der Waals surface area contributed by atoms with Crippen LogP contribution in [0.2, 0.25) is 0 Å². The SMILES string of the molecule is CC(C)(NC(=O)Cn1cc(N)cn1)C(N)=O. The average molecular weight is 225 g/mol. The second-order valence-electron chi connectivity index (χ2n) is 4.01. The highest BCUT2D eigenvalue weighted by Crippen LogP contribution is 2.01. The van der Waals surface area contributed by atoms with Gasteiger partial charge in [0.25, 0.3) is 0 Å². The van der Waals surface area contributed by atoms with Crippen LogP contribution < -0.4 is 16.8 Å². The molecule has 88 valence electrons. The number of nitrogen functional groups attached to an aromatic ring is 1. The van der Waals surface area contributed by atoms with E-state index in [4.69, 9.17) is 11.5 Å². The molecular formula is C9H15N5O2. The zero-order chi connectivity index (χ0) is 12.3. The first kappa shape index (κ1) is 12.0. The van der Waals surface area contributed by atoms with Crippen molar-refractivity contribution in [1.82, 2.24) is 15.1 Å². The molecule has 0 unspecified atom stereocenters. The fourth-order valence-corrected chi connectivity index (χ4v) is 1.06. The Balaban J connectivity index is 2.58. The molecule has 0 atom stereocenters. The molecule has 0 spiro atoms. The third-order valence-electron chi connectivity index (χ3n) is 2.03. The van der Waals surface area contributed by atoms with Gasteiger partial charge in [0.2, 0.25) is 11.8 Å². The molecule has 0 fully saturated rings. The van der Waals surface area contributed by atoms with Crippen molar-refractivity contribution in [3.8, 4) is 0 Å². The third kappa shape index (κ3) is 2.97. The van der Waals surface area contributed by atoms with Crippen molar-refractivity contribution < 1.29 is 9.59 Å². The van der Waals surface area contributed by atoms with Crippen molar-refractivity contribution in [2.45, 2.75) is 25.9 Å². The summed E-state index contributed by atoms with van der Waals surface area (Å²) in [5.74, 6) is -0.951. The number of primary amides is 1. The van der Waals surface area contributed by atoms with Gasteiger partial charge in [0, 0.05) is 6.20 Å². The number of hydrogen-bond donors (Lipinski definition) is 3. The molecule has 1 heterocycles. The normalized spacial score (nSPS) is 11.1. The Labute approximate surface area is 92.8 Å². The molecule has 0 bridgehead atoms. The Morgan fingerprint density at radius 2 is 2.19 bits per heavy atom. The second-order valence-corrected chi connectivity index (χ2v) is 4.01. The Morgan fingerprint density at radius 3 is 2.62 bits per heavy atom. The van der Waals surface area contributed by atoms with Gasteiger partial charge in [0.05, 0.1) is 11.9 Å². The van der Waals surface area contributed by atoms with Crippen molar-refractivity contribution in [2.75, 3.05) is 5.73 Å². The van der Waals surface area contributed by atoms with Crippen LogP contribution in [0.3, 0.4) is 0 Å². The van der Waals surface area contributed by atoms with E-state index in [9.17, 15) is 9.59 Å². The molecule has 2 amide bonds. The molecule has 0 aliphatic heterocycles. The van der Waals surface area contributed by atoms with Gasteiger partial charge in [-0.3, -0.25) is 14.3 Å². The van der Waals surface area contributed by atoms with Crippen LogP contribution in [0.4, 0.5) is 5.69 Å². The van der Waals surface area contributed by atoms with E-state index in [0.717, 1.165) is 0 Å². The van der Waals surface area contributed by atoms with Gasteiger partial charge in [0.15, 0.2) is 0 Å². The lowest BCUT2D eigenvalue weighted by atomic mass is 10.1. The van der Waals surface area contributed by atoms with Gasteiger partial charge in [-0.05, 0) is 13.8 Å². The van der Waals surface area contributed by atoms with Gasteiger partial charge in [-0.15, -0.1) is 0 Å². The number of carbonyl (C=O) groups excluding carboxylic acids is 2. The molecule has 16 heavy (non-hydrogen) atoms. The molecular weight excluding hydrogens is 210 g/mol. The number of carbonyl (C=O) groups is 2. The number of aromatic nitrogens is 2. The maximum atomic E-state index is 11.5. The smallest absolute Gasteiger partial charge is 0.242 e. The van der Waals surface area contributed by atoms with Gasteiger partial charge < -0.3 is 16.8 Å². The van der Waals surface area contributed by atoms with Crippen molar-refractivity contribution >= 4 is 17.5 Å². The van der Waals surface area contributed by atoms with Gasteiger partial charge in [-0.1, -0.05) is 0 Å². The standard InChI is InChI=1S/C9H15N5O2/c1-9(2,8(11)16)13-7(15)5-14-4-6(10)3-12-14/h3-4H,5,10H2,1-2H3,(H2,11,16)(H,13,15). The second kappa shape index (κ2) is 4.21. The van der Waals surface area contributed by atoms with E-state index in [2.05, 4.69) is 10.4 Å². The number of amides is 2. The topological polar surface area (TPSA) is 116 Å². The predicted molar refractivity (Wildman–Crippen MR) is 58.1 cm³/mol. The summed E-state index contributed by atoms with van der Waals surface area (Å²) in [5, 5.41) is 6.34. The third-order valence-corrected chi connectivity index (χ3v) is 2.03. The maximum Gasteiger partial charge on any atom is 0.242 e. The molecule has 1 rings (SSSR count). The number of anilines is 1. The number of nitrogens with zero attached hydrogens (tertiary/aromatic N) is 2. The fraction of sp³-hybridized carbons (Fsp3) is 0.444. The first-order valence-corrected chi connectivity index (χ1v) is 4.70. The first-order valence-electron chi connectivity index (χ1n) is 4.70. The fourth-order valence-electron chi connectivity index (χ4n) is 1.06. The lowest BCUT2D eigenvalue weighted by molar-refractivity contribution is -0.130. The van der Waals surface area contributed by atoms with Crippen molar-refractivity contribution in [2.24, 2.45) is 5.73 Å². The summed E-state index contributed by atoms with van der Waals surface area (Å²) in [6.45, 7) is 3.06. The van der Waals surface area contributed by atoms with Crippen LogP contribution in [0.1, 0.15) is 13.8 Å². The minimum absolute atomic E-state index is 0.00604. The summed E-state index contributed by atoms with van der Waals surface area (Å²) < 4.78 is 1.38. The van der Waals surface area contributed by atoms with Crippen molar-refractivity contribution in [3.63, 3.8) is 0 Å². The lowest BCUT2D eigenvalue weighted by Crippen LogP contribution is -2.53. The van der Waals surface area contributed by atoms with Gasteiger partial charge >= 0.3 is 0 Å². The highest BCUT2D eigenvalue weighted by atomic mass is 16.2. The molecule has 1 aromatic rings. The molecule has 1 aromatic heterocycles. The molecule has 0 saturated heterocycles. The molecule has 0 aromatic carbocycles. The van der Waals surface area contributed by atoms with Crippen LogP contribution in [-0.4, -0.2) is 27.1 Å². The summed E-state index contributed by atoms with van der Waals surface area (Å²) in [4.78, 5) is 22.5. The Kier molecular flexibility index (Phi) is 3.17. The number of nitrogens with two attached hydrogens (primary N) is 2. The molecule has 0 radical (unpaired) electrons. The van der Waals surface area contributed by atoms with Crippen LogP contribution in [0.25, 0.3) is 0 Å². The van der Waals surface area contributed by atoms with Gasteiger partial charge in [0.1, 0.15) is 12.1 Å². The first-order chi connectivity index (χ1) is 7.31. The Morgan fingerprint density at radius 1 is 1.56 bits per heavy atom. The van der Waals surface area contributed by atoms with Crippen molar-refractivity contribution in [1.29, 1.82) is 0 Å². The highest BCUT2D eigenvalue weighted by molar-refractivity contribution is 5.89. The quantitative estimate of drug-likeness (QED) is 0.599. The number of hydrogen-bond acceptors (Lipinski definition) is 4. The summed E-state index contributed by atoms with van der Waals surface area (Å²) in [7, 11) is 0. The summed E-state index contributed by atoms with van der Waals surface area (Å²) in [6.07, 6.45) is 2.96. The molecule has 7 nitrogen and oxygen atoms in total. The van der Waals surface area contributed by atoms with E-state index in [1.807, 2.05) is 0 Å². The molecule has 0 aliphatic rings. The van der Waals surface area contributed by atoms with Crippen LogP contribution in [0, 0.1) is 0 Å². The van der Waals surface area contributed by atoms with Crippen LogP contribution in [0.5, 0.6) is 0 Å². The zero-order valence-electron chi connectivity index (χ0n) is 9.23. The minimum atomic E-state index is -1.07. The van der Waals surface area contributed by atoms with E-state index in [-0.39, 0.29) is 12.5 Å². The number of nitrogens with one attached hydrogen (secondary N) is 1. The van der Waals surface area contributed by atoms with E-state index in [0.29, 0.717) is 5.69 Å². The molecule has 5 N–H and O–H groups in total. The monoisotopic (exact) mass is 225 g/mol. The lowest BCUT2D eigenvalue weighted by Gasteiger charge is -2.22. The summed E-state index contributed by atoms with van der Waals surface area (Å²) in [6, 6.07) is 0. The van der Waals surface area contributed by atoms with E-state index < -0.39 is 11.4 Å². The van der Waals surface area contributed by atoms with E-state index >= 15 is 0 Å². The maximum absolute atomic E-state index is 11.5. The average Bonchev–Trinajstić information content (AvgIpc) is 2.49. The molecule has 7 heteroatoms. The predicted octanol–water partition coefficient (Wildman–Crippen LogP) is -1.15. The molecule has 0 saturated carbocycles. The molecule has 0 aliphatic carbocycles. The van der Waals surface area contributed by atoms with Gasteiger partial charge in [-0.25, -0.2) is 0 Å². The van der Waals surface area contributed by atoms with Crippen LogP contribution in [-0.2, 0) is 16.1 Å². The Bertz CT molecular complexity index is 410. The van der Waals surface area contributed by atoms with Crippen LogP contribution >= 0.6 is 0 Å². The zero-order valence-corrected chi connectivity index (χ0v) is 9.23. The minimum Gasteiger partial charge on any atom is -0.396 e. The van der Waals surface area contributed by atoms with Crippen LogP contribution in [0.15, 0.2) is 12.4 Å². The summed E-state index contributed by atoms with van der Waals surface area (Å²) in [5.41, 5.74) is 9.96. The highest BCUT2D eigenvalue weighted by Gasteiger charge is 2.26. The van der Waals surface area contributed by atoms with E-state index in [1.165, 1.54) is 30.9 Å². The van der Waals surface area contributed by atoms with Crippen molar-refractivity contribution in [3.05, 3.63) is 12.4 Å². The number of rotatable bonds is 4. The largest absolute Gasteiger partial charge is 0.396 e.